The first-order valence-electron chi connectivity index (χ1n) is 9.66. The van der Waals surface area contributed by atoms with E-state index in [9.17, 15) is 0 Å². The Balaban J connectivity index is 2.60. The largest absolute Gasteiger partial charge is 0.488 e. The molecule has 0 aromatic heterocycles. The Hall–Kier alpha value is -0.780. The number of hydrogen-bond acceptors (Lipinski definition) is 5. The van der Waals surface area contributed by atoms with Crippen molar-refractivity contribution in [1.29, 1.82) is 0 Å². The van der Waals surface area contributed by atoms with Gasteiger partial charge >= 0.3 is 0 Å². The summed E-state index contributed by atoms with van der Waals surface area (Å²) in [6, 6.07) is 0. The molecule has 0 amide bonds. The van der Waals surface area contributed by atoms with Crippen LogP contribution in [0.3, 0.4) is 0 Å². The van der Waals surface area contributed by atoms with E-state index in [2.05, 4.69) is 20.8 Å². The number of hydrogen-bond donors (Lipinski definition) is 1. The molecule has 1 aliphatic heterocycles. The lowest BCUT2D eigenvalue weighted by Crippen LogP contribution is -2.45. The lowest BCUT2D eigenvalue weighted by atomic mass is 10.0. The van der Waals surface area contributed by atoms with Crippen molar-refractivity contribution in [3.8, 4) is 0 Å². The Bertz CT molecular complexity index is 335. The first kappa shape index (κ1) is 21.3. The van der Waals surface area contributed by atoms with Crippen LogP contribution in [0.1, 0.15) is 65.7 Å². The molecule has 142 valence electrons. The van der Waals surface area contributed by atoms with E-state index in [-0.39, 0.29) is 18.3 Å². The van der Waals surface area contributed by atoms with Gasteiger partial charge in [-0.1, -0.05) is 40.0 Å². The van der Waals surface area contributed by atoms with E-state index in [0.717, 1.165) is 58.2 Å². The molecule has 0 aliphatic carbocycles. The Labute approximate surface area is 147 Å². The van der Waals surface area contributed by atoms with E-state index in [4.69, 9.17) is 24.7 Å². The molecular formula is C19H37NO4. The zero-order valence-corrected chi connectivity index (χ0v) is 15.8. The van der Waals surface area contributed by atoms with Crippen molar-refractivity contribution in [2.45, 2.75) is 84.0 Å². The topological polar surface area (TPSA) is 62.9 Å². The summed E-state index contributed by atoms with van der Waals surface area (Å²) in [7, 11) is 0. The second kappa shape index (κ2) is 13.5. The molecule has 0 saturated carbocycles. The minimum absolute atomic E-state index is 0.0169. The van der Waals surface area contributed by atoms with Crippen LogP contribution in [0.5, 0.6) is 0 Å². The number of nitrogens with two attached hydrogens (primary N) is 1. The van der Waals surface area contributed by atoms with E-state index < -0.39 is 0 Å². The van der Waals surface area contributed by atoms with Crippen molar-refractivity contribution in [3.63, 3.8) is 0 Å². The summed E-state index contributed by atoms with van der Waals surface area (Å²) < 4.78 is 23.8. The van der Waals surface area contributed by atoms with Gasteiger partial charge in [0.15, 0.2) is 0 Å². The van der Waals surface area contributed by atoms with E-state index >= 15 is 0 Å². The molecule has 0 radical (unpaired) electrons. The average molecular weight is 344 g/mol. The fraction of sp³-hybridized carbons (Fsp3) is 0.895. The van der Waals surface area contributed by atoms with Crippen LogP contribution in [0.25, 0.3) is 0 Å². The molecule has 0 aromatic rings. The van der Waals surface area contributed by atoms with E-state index in [0.29, 0.717) is 19.0 Å². The van der Waals surface area contributed by atoms with Crippen LogP contribution in [0.15, 0.2) is 12.0 Å². The Morgan fingerprint density at radius 2 is 1.62 bits per heavy atom. The highest BCUT2D eigenvalue weighted by molar-refractivity contribution is 5.06. The maximum Gasteiger partial charge on any atom is 0.143 e. The lowest BCUT2D eigenvalue weighted by Gasteiger charge is -2.38. The minimum atomic E-state index is -0.203. The van der Waals surface area contributed by atoms with Crippen molar-refractivity contribution in [2.24, 2.45) is 5.73 Å². The van der Waals surface area contributed by atoms with Gasteiger partial charge in [-0.05, 0) is 19.3 Å². The molecule has 1 saturated heterocycles. The summed E-state index contributed by atoms with van der Waals surface area (Å²) in [6.45, 7) is 9.27. The fourth-order valence-electron chi connectivity index (χ4n) is 2.65. The monoisotopic (exact) mass is 343 g/mol. The van der Waals surface area contributed by atoms with Crippen LogP contribution in [0, 0.1) is 0 Å². The van der Waals surface area contributed by atoms with E-state index in [1.165, 1.54) is 6.20 Å². The first-order valence-corrected chi connectivity index (χ1v) is 9.66. The zero-order valence-electron chi connectivity index (χ0n) is 15.8. The van der Waals surface area contributed by atoms with Crippen LogP contribution >= 0.6 is 0 Å². The molecular weight excluding hydrogens is 306 g/mol. The second-order valence-corrected chi connectivity index (χ2v) is 6.38. The van der Waals surface area contributed by atoms with Crippen molar-refractivity contribution in [2.75, 3.05) is 26.4 Å². The van der Waals surface area contributed by atoms with E-state index in [1.54, 1.807) is 0 Å². The normalized spacial score (nSPS) is 25.8. The summed E-state index contributed by atoms with van der Waals surface area (Å²) in [5.41, 5.74) is 5.79. The molecule has 5 heteroatoms. The van der Waals surface area contributed by atoms with Crippen molar-refractivity contribution >= 4 is 0 Å². The highest BCUT2D eigenvalue weighted by Crippen LogP contribution is 2.28. The molecule has 2 N–H and O–H groups in total. The summed E-state index contributed by atoms with van der Waals surface area (Å²) in [5.74, 6) is 0.683. The molecule has 3 atom stereocenters. The van der Waals surface area contributed by atoms with Crippen LogP contribution in [-0.2, 0) is 18.9 Å². The SMILES string of the molecule is CCCCOC[C@@H]1C[C@H](OCCCC)[C@H](OCCCC)/C(=C/N)O1. The van der Waals surface area contributed by atoms with Crippen LogP contribution in [0.4, 0.5) is 0 Å². The Kier molecular flexibility index (Phi) is 12.0. The Morgan fingerprint density at radius 1 is 1.00 bits per heavy atom. The summed E-state index contributed by atoms with van der Waals surface area (Å²) in [5, 5.41) is 0. The third-order valence-corrected chi connectivity index (χ3v) is 4.15. The maximum atomic E-state index is 6.10. The highest BCUT2D eigenvalue weighted by Gasteiger charge is 2.37. The Morgan fingerprint density at radius 3 is 2.25 bits per heavy atom. The number of ether oxygens (including phenoxy) is 4. The zero-order chi connectivity index (χ0) is 17.6. The van der Waals surface area contributed by atoms with Gasteiger partial charge in [-0.15, -0.1) is 0 Å². The molecule has 1 fully saturated rings. The van der Waals surface area contributed by atoms with Gasteiger partial charge in [0.1, 0.15) is 18.0 Å². The van der Waals surface area contributed by atoms with Gasteiger partial charge in [0.2, 0.25) is 0 Å². The fourth-order valence-corrected chi connectivity index (χ4v) is 2.65. The predicted molar refractivity (Wildman–Crippen MR) is 96.8 cm³/mol. The molecule has 0 bridgehead atoms. The summed E-state index contributed by atoms with van der Waals surface area (Å²) >= 11 is 0. The second-order valence-electron chi connectivity index (χ2n) is 6.38. The van der Waals surface area contributed by atoms with Gasteiger partial charge in [0, 0.05) is 32.4 Å². The molecule has 1 heterocycles. The molecule has 1 rings (SSSR count). The van der Waals surface area contributed by atoms with Gasteiger partial charge < -0.3 is 24.7 Å². The molecule has 0 aromatic carbocycles. The lowest BCUT2D eigenvalue weighted by molar-refractivity contribution is -0.142. The molecule has 0 spiro atoms. The van der Waals surface area contributed by atoms with Crippen LogP contribution < -0.4 is 5.73 Å². The molecule has 5 nitrogen and oxygen atoms in total. The molecule has 1 aliphatic rings. The molecule has 0 unspecified atom stereocenters. The number of unbranched alkanes of at least 4 members (excludes halogenated alkanes) is 3. The minimum Gasteiger partial charge on any atom is -0.488 e. The van der Waals surface area contributed by atoms with Gasteiger partial charge in [0.05, 0.1) is 12.7 Å². The quantitative estimate of drug-likeness (QED) is 0.516. The van der Waals surface area contributed by atoms with Gasteiger partial charge in [-0.25, -0.2) is 0 Å². The summed E-state index contributed by atoms with van der Waals surface area (Å²) in [6.07, 6.45) is 8.57. The highest BCUT2D eigenvalue weighted by atomic mass is 16.6. The smallest absolute Gasteiger partial charge is 0.143 e. The third-order valence-electron chi connectivity index (χ3n) is 4.15. The van der Waals surface area contributed by atoms with Crippen LogP contribution in [0.2, 0.25) is 0 Å². The third kappa shape index (κ3) is 7.86. The maximum absolute atomic E-state index is 6.10. The van der Waals surface area contributed by atoms with Crippen molar-refractivity contribution in [3.05, 3.63) is 12.0 Å². The number of rotatable bonds is 13. The summed E-state index contributed by atoms with van der Waals surface area (Å²) in [4.78, 5) is 0. The van der Waals surface area contributed by atoms with Crippen molar-refractivity contribution in [1.82, 2.24) is 0 Å². The standard InChI is InChI=1S/C19H37NO4/c1-4-7-10-21-15-16-13-17(22-11-8-5-2)19(18(14-20)24-16)23-12-9-6-3/h14,16-17,19H,4-13,15,20H2,1-3H3/b18-14-/t16-,17-,19-/m0/s1. The molecule has 24 heavy (non-hydrogen) atoms. The van der Waals surface area contributed by atoms with Gasteiger partial charge in [-0.3, -0.25) is 0 Å². The first-order chi connectivity index (χ1) is 11.8. The van der Waals surface area contributed by atoms with Crippen LogP contribution in [-0.4, -0.2) is 44.7 Å². The van der Waals surface area contributed by atoms with Gasteiger partial charge in [0.25, 0.3) is 0 Å². The van der Waals surface area contributed by atoms with E-state index in [1.807, 2.05) is 0 Å². The predicted octanol–water partition coefficient (Wildman–Crippen LogP) is 3.76. The van der Waals surface area contributed by atoms with Gasteiger partial charge in [-0.2, -0.15) is 0 Å². The van der Waals surface area contributed by atoms with Crippen molar-refractivity contribution < 1.29 is 18.9 Å². The average Bonchev–Trinajstić information content (AvgIpc) is 2.60.